The first-order valence-corrected chi connectivity index (χ1v) is 7.78. The van der Waals surface area contributed by atoms with Crippen molar-refractivity contribution in [3.63, 3.8) is 0 Å². The van der Waals surface area contributed by atoms with Gasteiger partial charge in [-0.2, -0.15) is 5.10 Å². The van der Waals surface area contributed by atoms with Gasteiger partial charge in [-0.1, -0.05) is 30.7 Å². The second kappa shape index (κ2) is 7.05. The number of aromatic nitrogens is 3. The third-order valence-corrected chi connectivity index (χ3v) is 3.98. The average Bonchev–Trinajstić information content (AvgIpc) is 2.90. The Hall–Kier alpha value is -1.39. The number of nitrogens with zero attached hydrogens (tertiary/aromatic N) is 3. The molecule has 1 heterocycles. The van der Waals surface area contributed by atoms with E-state index in [0.29, 0.717) is 6.04 Å². The van der Waals surface area contributed by atoms with Gasteiger partial charge in [0.15, 0.2) is 0 Å². The monoisotopic (exact) mass is 306 g/mol. The zero-order valence-electron chi connectivity index (χ0n) is 13.1. The first-order chi connectivity index (χ1) is 10.0. The molecule has 1 atom stereocenters. The minimum atomic E-state index is 0.215. The van der Waals surface area contributed by atoms with Crippen LogP contribution in [0.1, 0.15) is 49.8 Å². The van der Waals surface area contributed by atoms with Gasteiger partial charge in [-0.05, 0) is 44.5 Å². The molecule has 0 aliphatic heterocycles. The van der Waals surface area contributed by atoms with E-state index < -0.39 is 0 Å². The molecule has 114 valence electrons. The number of rotatable bonds is 6. The molecule has 0 aliphatic rings. The summed E-state index contributed by atoms with van der Waals surface area (Å²) >= 11 is 6.13. The largest absolute Gasteiger partial charge is 0.310 e. The fraction of sp³-hybridized carbons (Fsp3) is 0.500. The van der Waals surface area contributed by atoms with Gasteiger partial charge in [-0.25, -0.2) is 9.67 Å². The summed E-state index contributed by atoms with van der Waals surface area (Å²) < 4.78 is 1.98. The molecule has 0 saturated heterocycles. The van der Waals surface area contributed by atoms with Gasteiger partial charge in [0.2, 0.25) is 0 Å². The van der Waals surface area contributed by atoms with Crippen molar-refractivity contribution in [1.82, 2.24) is 20.1 Å². The van der Waals surface area contributed by atoms with E-state index in [2.05, 4.69) is 48.3 Å². The quantitative estimate of drug-likeness (QED) is 0.884. The molecule has 0 radical (unpaired) electrons. The molecule has 0 aliphatic carbocycles. The Morgan fingerprint density at radius 3 is 2.71 bits per heavy atom. The maximum absolute atomic E-state index is 6.13. The zero-order chi connectivity index (χ0) is 15.4. The average molecular weight is 307 g/mol. The standard InChI is InChI=1S/C16H23ClN4/c1-5-18-15(13-6-7-14(17)12(4)8-13)9-16-19-10-20-21(16)11(2)3/h6-8,10-11,15,18H,5,9H2,1-4H3. The lowest BCUT2D eigenvalue weighted by Crippen LogP contribution is -2.25. The van der Waals surface area contributed by atoms with Crippen LogP contribution in [0.25, 0.3) is 0 Å². The first kappa shape index (κ1) is 16.0. The Balaban J connectivity index is 2.26. The molecule has 4 nitrogen and oxygen atoms in total. The van der Waals surface area contributed by atoms with E-state index in [4.69, 9.17) is 11.6 Å². The molecule has 21 heavy (non-hydrogen) atoms. The molecule has 0 bridgehead atoms. The Labute approximate surface area is 131 Å². The van der Waals surface area contributed by atoms with Crippen LogP contribution in [-0.2, 0) is 6.42 Å². The number of aryl methyl sites for hydroxylation is 1. The summed E-state index contributed by atoms with van der Waals surface area (Å²) in [6.07, 6.45) is 2.44. The van der Waals surface area contributed by atoms with Crippen LogP contribution in [0.3, 0.4) is 0 Å². The predicted molar refractivity (Wildman–Crippen MR) is 86.7 cm³/mol. The topological polar surface area (TPSA) is 42.7 Å². The molecule has 0 saturated carbocycles. The Morgan fingerprint density at radius 2 is 2.10 bits per heavy atom. The SMILES string of the molecule is CCNC(Cc1ncnn1C(C)C)c1ccc(Cl)c(C)c1. The molecule has 0 spiro atoms. The summed E-state index contributed by atoms with van der Waals surface area (Å²) in [6.45, 7) is 9.29. The number of halogens is 1. The molecule has 5 heteroatoms. The van der Waals surface area contributed by atoms with Crippen molar-refractivity contribution in [3.8, 4) is 0 Å². The van der Waals surface area contributed by atoms with Crippen LogP contribution in [0.4, 0.5) is 0 Å². The highest BCUT2D eigenvalue weighted by Gasteiger charge is 2.16. The number of benzene rings is 1. The molecule has 1 aromatic heterocycles. The fourth-order valence-electron chi connectivity index (χ4n) is 2.47. The van der Waals surface area contributed by atoms with Crippen molar-refractivity contribution >= 4 is 11.6 Å². The zero-order valence-corrected chi connectivity index (χ0v) is 13.9. The third-order valence-electron chi connectivity index (χ3n) is 3.56. The van der Waals surface area contributed by atoms with E-state index in [9.17, 15) is 0 Å². The maximum Gasteiger partial charge on any atom is 0.138 e. The van der Waals surface area contributed by atoms with E-state index in [1.165, 1.54) is 5.56 Å². The highest BCUT2D eigenvalue weighted by atomic mass is 35.5. The van der Waals surface area contributed by atoms with E-state index in [0.717, 1.165) is 29.4 Å². The van der Waals surface area contributed by atoms with Crippen LogP contribution >= 0.6 is 11.6 Å². The smallest absolute Gasteiger partial charge is 0.138 e. The van der Waals surface area contributed by atoms with Crippen molar-refractivity contribution in [3.05, 3.63) is 46.5 Å². The van der Waals surface area contributed by atoms with Gasteiger partial charge in [0.05, 0.1) is 0 Å². The van der Waals surface area contributed by atoms with Crippen LogP contribution in [0, 0.1) is 6.92 Å². The lowest BCUT2D eigenvalue weighted by Gasteiger charge is -2.20. The summed E-state index contributed by atoms with van der Waals surface area (Å²) in [5.41, 5.74) is 2.33. The van der Waals surface area contributed by atoms with Gasteiger partial charge in [-0.15, -0.1) is 0 Å². The highest BCUT2D eigenvalue weighted by Crippen LogP contribution is 2.23. The number of nitrogens with one attached hydrogen (secondary N) is 1. The molecule has 0 fully saturated rings. The molecule has 1 N–H and O–H groups in total. The van der Waals surface area contributed by atoms with Gasteiger partial charge in [0, 0.05) is 23.5 Å². The van der Waals surface area contributed by atoms with Crippen molar-refractivity contribution in [2.24, 2.45) is 0 Å². The minimum absolute atomic E-state index is 0.215. The first-order valence-electron chi connectivity index (χ1n) is 7.40. The molecular weight excluding hydrogens is 284 g/mol. The van der Waals surface area contributed by atoms with Crippen LogP contribution < -0.4 is 5.32 Å². The van der Waals surface area contributed by atoms with Crippen LogP contribution in [0.15, 0.2) is 24.5 Å². The third kappa shape index (κ3) is 3.83. The van der Waals surface area contributed by atoms with Crippen LogP contribution in [-0.4, -0.2) is 21.3 Å². The van der Waals surface area contributed by atoms with Gasteiger partial charge >= 0.3 is 0 Å². The van der Waals surface area contributed by atoms with E-state index >= 15 is 0 Å². The fourth-order valence-corrected chi connectivity index (χ4v) is 2.59. The normalized spacial score (nSPS) is 12.9. The van der Waals surface area contributed by atoms with Gasteiger partial charge in [0.1, 0.15) is 12.2 Å². The van der Waals surface area contributed by atoms with Crippen LogP contribution in [0.5, 0.6) is 0 Å². The van der Waals surface area contributed by atoms with Crippen molar-refractivity contribution in [1.29, 1.82) is 0 Å². The van der Waals surface area contributed by atoms with Crippen molar-refractivity contribution in [2.75, 3.05) is 6.54 Å². The maximum atomic E-state index is 6.13. The number of hydrogen-bond donors (Lipinski definition) is 1. The van der Waals surface area contributed by atoms with Gasteiger partial charge in [-0.3, -0.25) is 0 Å². The van der Waals surface area contributed by atoms with Crippen LogP contribution in [0.2, 0.25) is 5.02 Å². The molecule has 0 amide bonds. The molecule has 1 unspecified atom stereocenters. The molecule has 2 aromatic rings. The molecular formula is C16H23ClN4. The summed E-state index contributed by atoms with van der Waals surface area (Å²) in [4.78, 5) is 4.41. The van der Waals surface area contributed by atoms with Crippen molar-refractivity contribution in [2.45, 2.75) is 46.2 Å². The van der Waals surface area contributed by atoms with Gasteiger partial charge < -0.3 is 5.32 Å². The predicted octanol–water partition coefficient (Wildman–Crippen LogP) is 3.71. The summed E-state index contributed by atoms with van der Waals surface area (Å²) in [5.74, 6) is 1.00. The van der Waals surface area contributed by atoms with E-state index in [1.54, 1.807) is 6.33 Å². The van der Waals surface area contributed by atoms with E-state index in [-0.39, 0.29) is 6.04 Å². The highest BCUT2D eigenvalue weighted by molar-refractivity contribution is 6.31. The number of likely N-dealkylation sites (N-methyl/N-ethyl adjacent to an activating group) is 1. The van der Waals surface area contributed by atoms with Gasteiger partial charge in [0.25, 0.3) is 0 Å². The lowest BCUT2D eigenvalue weighted by atomic mass is 10.0. The van der Waals surface area contributed by atoms with Crippen molar-refractivity contribution < 1.29 is 0 Å². The Kier molecular flexibility index (Phi) is 5.37. The minimum Gasteiger partial charge on any atom is -0.310 e. The second-order valence-corrected chi connectivity index (χ2v) is 5.94. The van der Waals surface area contributed by atoms with E-state index in [1.807, 2.05) is 17.7 Å². The second-order valence-electron chi connectivity index (χ2n) is 5.54. The Morgan fingerprint density at radius 1 is 1.33 bits per heavy atom. The Bertz CT molecular complexity index is 592. The molecule has 1 aromatic carbocycles. The molecule has 2 rings (SSSR count). The summed E-state index contributed by atoms with van der Waals surface area (Å²) in [7, 11) is 0. The summed E-state index contributed by atoms with van der Waals surface area (Å²) in [6, 6.07) is 6.72. The number of hydrogen-bond acceptors (Lipinski definition) is 3. The summed E-state index contributed by atoms with van der Waals surface area (Å²) in [5, 5.41) is 8.64. The lowest BCUT2D eigenvalue weighted by molar-refractivity contribution is 0.468.